The summed E-state index contributed by atoms with van der Waals surface area (Å²) in [5, 5.41) is 2.62. The zero-order valence-corrected chi connectivity index (χ0v) is 6.53. The molecule has 3 heteroatoms. The molecule has 0 saturated carbocycles. The lowest BCUT2D eigenvalue weighted by Crippen LogP contribution is -2.18. The van der Waals surface area contributed by atoms with Gasteiger partial charge in [-0.2, -0.15) is 0 Å². The van der Waals surface area contributed by atoms with Gasteiger partial charge >= 0.3 is 0 Å². The predicted octanol–water partition coefficient (Wildman–Crippen LogP) is 1.14. The van der Waals surface area contributed by atoms with E-state index in [1.54, 1.807) is 7.05 Å². The standard InChI is InChI=1S/C6H12ClNO/c1-5(7)3-4-6(9)8-2/h5H,3-4H2,1-2H3,(H,8,9). The van der Waals surface area contributed by atoms with Crippen LogP contribution in [0, 0.1) is 0 Å². The van der Waals surface area contributed by atoms with E-state index < -0.39 is 0 Å². The number of rotatable bonds is 3. The van der Waals surface area contributed by atoms with Crippen LogP contribution in [0.15, 0.2) is 0 Å². The second-order valence-electron chi connectivity index (χ2n) is 1.99. The molecule has 2 nitrogen and oxygen atoms in total. The van der Waals surface area contributed by atoms with Crippen LogP contribution in [0.5, 0.6) is 0 Å². The van der Waals surface area contributed by atoms with Gasteiger partial charge in [0.05, 0.1) is 0 Å². The van der Waals surface area contributed by atoms with Gasteiger partial charge in [0.25, 0.3) is 0 Å². The van der Waals surface area contributed by atoms with Gasteiger partial charge in [0.15, 0.2) is 0 Å². The van der Waals surface area contributed by atoms with Gasteiger partial charge in [-0.25, -0.2) is 0 Å². The Morgan fingerprint density at radius 2 is 2.33 bits per heavy atom. The number of hydrogen-bond donors (Lipinski definition) is 1. The fraction of sp³-hybridized carbons (Fsp3) is 0.833. The number of alkyl halides is 1. The van der Waals surface area contributed by atoms with E-state index in [9.17, 15) is 4.79 Å². The second kappa shape index (κ2) is 4.62. The molecule has 1 unspecified atom stereocenters. The molecule has 0 spiro atoms. The summed E-state index contributed by atoms with van der Waals surface area (Å²) in [7, 11) is 1.63. The molecule has 0 rings (SSSR count). The van der Waals surface area contributed by atoms with Crippen LogP contribution in [-0.2, 0) is 4.79 Å². The van der Waals surface area contributed by atoms with Crippen molar-refractivity contribution < 1.29 is 4.79 Å². The third kappa shape index (κ3) is 5.63. The first-order valence-corrected chi connectivity index (χ1v) is 3.45. The van der Waals surface area contributed by atoms with Crippen molar-refractivity contribution in [3.63, 3.8) is 0 Å². The van der Waals surface area contributed by atoms with Crippen LogP contribution >= 0.6 is 11.6 Å². The van der Waals surface area contributed by atoms with E-state index in [1.165, 1.54) is 0 Å². The fourth-order valence-electron chi connectivity index (χ4n) is 0.455. The second-order valence-corrected chi connectivity index (χ2v) is 2.74. The van der Waals surface area contributed by atoms with Crippen molar-refractivity contribution >= 4 is 17.5 Å². The molecule has 0 saturated heterocycles. The average Bonchev–Trinajstić information content (AvgIpc) is 1.83. The number of hydrogen-bond acceptors (Lipinski definition) is 1. The molecule has 1 amide bonds. The maximum Gasteiger partial charge on any atom is 0.219 e. The van der Waals surface area contributed by atoms with Crippen LogP contribution in [0.3, 0.4) is 0 Å². The topological polar surface area (TPSA) is 29.1 Å². The molecule has 1 atom stereocenters. The molecule has 0 aliphatic rings. The van der Waals surface area contributed by atoms with Crippen molar-refractivity contribution in [1.29, 1.82) is 0 Å². The highest BCUT2D eigenvalue weighted by atomic mass is 35.5. The lowest BCUT2D eigenvalue weighted by Gasteiger charge is -1.99. The van der Waals surface area contributed by atoms with Crippen LogP contribution in [0.4, 0.5) is 0 Å². The number of halogens is 1. The highest BCUT2D eigenvalue weighted by molar-refractivity contribution is 6.20. The smallest absolute Gasteiger partial charge is 0.219 e. The van der Waals surface area contributed by atoms with Crippen LogP contribution in [0.25, 0.3) is 0 Å². The molecule has 0 bridgehead atoms. The minimum Gasteiger partial charge on any atom is -0.359 e. The third-order valence-corrected chi connectivity index (χ3v) is 1.27. The van der Waals surface area contributed by atoms with Crippen molar-refractivity contribution in [3.05, 3.63) is 0 Å². The largest absolute Gasteiger partial charge is 0.359 e. The van der Waals surface area contributed by atoms with Crippen LogP contribution in [0.2, 0.25) is 0 Å². The Morgan fingerprint density at radius 1 is 1.78 bits per heavy atom. The van der Waals surface area contributed by atoms with E-state index in [1.807, 2.05) is 6.92 Å². The molecule has 0 heterocycles. The van der Waals surface area contributed by atoms with Gasteiger partial charge in [0, 0.05) is 18.8 Å². The van der Waals surface area contributed by atoms with E-state index in [4.69, 9.17) is 11.6 Å². The molecule has 0 aromatic rings. The van der Waals surface area contributed by atoms with Gasteiger partial charge in [0.2, 0.25) is 5.91 Å². The minimum atomic E-state index is 0.0579. The van der Waals surface area contributed by atoms with E-state index in [2.05, 4.69) is 5.32 Å². The Bertz CT molecular complexity index is 93.1. The van der Waals surface area contributed by atoms with E-state index in [0.717, 1.165) is 6.42 Å². The SMILES string of the molecule is CNC(=O)CCC(C)Cl. The maximum atomic E-state index is 10.5. The maximum absolute atomic E-state index is 10.5. The zero-order valence-electron chi connectivity index (χ0n) is 5.78. The normalized spacial score (nSPS) is 12.8. The Kier molecular flexibility index (Phi) is 4.50. The van der Waals surface area contributed by atoms with Crippen molar-refractivity contribution in [3.8, 4) is 0 Å². The molecular weight excluding hydrogens is 138 g/mol. The molecule has 0 aliphatic heterocycles. The molecule has 9 heavy (non-hydrogen) atoms. The number of carbonyl (C=O) groups is 1. The van der Waals surface area contributed by atoms with Gasteiger partial charge in [-0.3, -0.25) is 4.79 Å². The Balaban J connectivity index is 3.17. The van der Waals surface area contributed by atoms with E-state index in [0.29, 0.717) is 6.42 Å². The molecule has 0 radical (unpaired) electrons. The number of nitrogens with one attached hydrogen (secondary N) is 1. The Labute approximate surface area is 60.6 Å². The van der Waals surface area contributed by atoms with Gasteiger partial charge < -0.3 is 5.32 Å². The first kappa shape index (κ1) is 8.76. The lowest BCUT2D eigenvalue weighted by molar-refractivity contribution is -0.120. The van der Waals surface area contributed by atoms with E-state index >= 15 is 0 Å². The summed E-state index contributed by atoms with van der Waals surface area (Å²) in [5.41, 5.74) is 0. The third-order valence-electron chi connectivity index (χ3n) is 1.05. The van der Waals surface area contributed by atoms with Gasteiger partial charge in [0.1, 0.15) is 0 Å². The van der Waals surface area contributed by atoms with Crippen LogP contribution < -0.4 is 5.32 Å². The first-order valence-electron chi connectivity index (χ1n) is 3.01. The molecule has 0 fully saturated rings. The van der Waals surface area contributed by atoms with Gasteiger partial charge in [-0.05, 0) is 13.3 Å². The fourth-order valence-corrected chi connectivity index (χ4v) is 0.564. The van der Waals surface area contributed by atoms with Crippen molar-refractivity contribution in [2.75, 3.05) is 7.05 Å². The molecule has 0 aliphatic carbocycles. The molecule has 54 valence electrons. The summed E-state index contributed by atoms with van der Waals surface area (Å²) in [4.78, 5) is 10.5. The summed E-state index contributed by atoms with van der Waals surface area (Å²) in [5.74, 6) is 0.0579. The van der Waals surface area contributed by atoms with Crippen LogP contribution in [0.1, 0.15) is 19.8 Å². The van der Waals surface area contributed by atoms with Gasteiger partial charge in [-0.1, -0.05) is 0 Å². The molecule has 0 aromatic heterocycles. The van der Waals surface area contributed by atoms with Crippen LogP contribution in [-0.4, -0.2) is 18.3 Å². The minimum absolute atomic E-state index is 0.0579. The molecular formula is C6H12ClNO. The Hall–Kier alpha value is -0.240. The first-order chi connectivity index (χ1) is 4.16. The predicted molar refractivity (Wildman–Crippen MR) is 38.6 cm³/mol. The summed E-state index contributed by atoms with van der Waals surface area (Å²) < 4.78 is 0. The lowest BCUT2D eigenvalue weighted by atomic mass is 10.2. The summed E-state index contributed by atoms with van der Waals surface area (Å²) in [6.07, 6.45) is 1.28. The van der Waals surface area contributed by atoms with E-state index in [-0.39, 0.29) is 11.3 Å². The summed E-state index contributed by atoms with van der Waals surface area (Å²) >= 11 is 5.60. The Morgan fingerprint density at radius 3 is 2.67 bits per heavy atom. The highest BCUT2D eigenvalue weighted by Crippen LogP contribution is 2.02. The van der Waals surface area contributed by atoms with Crippen molar-refractivity contribution in [1.82, 2.24) is 5.32 Å². The van der Waals surface area contributed by atoms with Crippen molar-refractivity contribution in [2.45, 2.75) is 25.1 Å². The molecule has 1 N–H and O–H groups in total. The highest BCUT2D eigenvalue weighted by Gasteiger charge is 2.00. The zero-order chi connectivity index (χ0) is 7.28. The number of amides is 1. The summed E-state index contributed by atoms with van der Waals surface area (Å²) in [6.45, 7) is 1.88. The summed E-state index contributed by atoms with van der Waals surface area (Å²) in [6, 6.07) is 0. The van der Waals surface area contributed by atoms with Crippen molar-refractivity contribution in [2.24, 2.45) is 0 Å². The van der Waals surface area contributed by atoms with Gasteiger partial charge in [-0.15, -0.1) is 11.6 Å². The average molecular weight is 150 g/mol. The quantitative estimate of drug-likeness (QED) is 0.600. The monoisotopic (exact) mass is 149 g/mol. The number of carbonyl (C=O) groups excluding carboxylic acids is 1. The molecule has 0 aromatic carbocycles.